The van der Waals surface area contributed by atoms with Gasteiger partial charge in [0.1, 0.15) is 11.5 Å². The normalized spacial score (nSPS) is 11.9. The van der Waals surface area contributed by atoms with Gasteiger partial charge in [-0.25, -0.2) is 4.79 Å². The summed E-state index contributed by atoms with van der Waals surface area (Å²) in [6, 6.07) is 31.4. The molecule has 0 aliphatic heterocycles. The fraction of sp³-hybridized carbons (Fsp3) is 0.185. The number of carboxylic acids is 1. The Bertz CT molecular complexity index is 1070. The lowest BCUT2D eigenvalue weighted by molar-refractivity contribution is -0.145. The average Bonchev–Trinajstić information content (AvgIpc) is 3.29. The van der Waals surface area contributed by atoms with E-state index in [1.165, 1.54) is 0 Å². The molecule has 0 amide bonds. The Kier molecular flexibility index (Phi) is 6.98. The average molecular weight is 428 g/mol. The van der Waals surface area contributed by atoms with E-state index >= 15 is 0 Å². The highest BCUT2D eigenvalue weighted by molar-refractivity contribution is 5.72. The van der Waals surface area contributed by atoms with Crippen LogP contribution in [0, 0.1) is 0 Å². The van der Waals surface area contributed by atoms with Crippen molar-refractivity contribution in [1.29, 1.82) is 0 Å². The van der Waals surface area contributed by atoms with Gasteiger partial charge in [0.25, 0.3) is 0 Å². The molecule has 0 radical (unpaired) electrons. The van der Waals surface area contributed by atoms with Crippen molar-refractivity contribution in [2.75, 3.05) is 0 Å². The van der Waals surface area contributed by atoms with Crippen molar-refractivity contribution < 1.29 is 19.2 Å². The third-order valence-electron chi connectivity index (χ3n) is 5.33. The van der Waals surface area contributed by atoms with E-state index in [0.29, 0.717) is 25.0 Å². The summed E-state index contributed by atoms with van der Waals surface area (Å²) in [5.74, 6) is 0.291. The molecule has 0 saturated carbocycles. The molecule has 0 fully saturated rings. The largest absolute Gasteiger partial charge is 0.479 e. The minimum Gasteiger partial charge on any atom is -0.479 e. The molecule has 1 aromatic heterocycles. The van der Waals surface area contributed by atoms with E-state index in [1.54, 1.807) is 12.1 Å². The van der Waals surface area contributed by atoms with Crippen LogP contribution in [0.5, 0.6) is 5.75 Å². The second-order valence-corrected chi connectivity index (χ2v) is 7.62. The molecule has 4 rings (SSSR count). The first-order valence-corrected chi connectivity index (χ1v) is 10.7. The molecule has 5 heteroatoms. The number of aromatic nitrogens is 1. The van der Waals surface area contributed by atoms with Gasteiger partial charge in [-0.15, -0.1) is 0 Å². The highest BCUT2D eigenvalue weighted by Gasteiger charge is 2.22. The number of ether oxygens (including phenoxy) is 1. The minimum atomic E-state index is -0.972. The first-order chi connectivity index (χ1) is 15.7. The summed E-state index contributed by atoms with van der Waals surface area (Å²) < 4.78 is 11.2. The van der Waals surface area contributed by atoms with Crippen LogP contribution in [0.1, 0.15) is 41.3 Å². The fourth-order valence-electron chi connectivity index (χ4n) is 3.77. The first kappa shape index (κ1) is 21.4. The van der Waals surface area contributed by atoms with Crippen LogP contribution in [0.3, 0.4) is 0 Å². The van der Waals surface area contributed by atoms with Gasteiger partial charge in [-0.05, 0) is 36.1 Å². The van der Waals surface area contributed by atoms with Crippen LogP contribution in [-0.4, -0.2) is 22.3 Å². The van der Waals surface area contributed by atoms with Crippen molar-refractivity contribution in [1.82, 2.24) is 5.16 Å². The Morgan fingerprint density at radius 2 is 1.44 bits per heavy atom. The van der Waals surface area contributed by atoms with Crippen LogP contribution in [0.15, 0.2) is 102 Å². The number of aliphatic carboxylic acids is 1. The van der Waals surface area contributed by atoms with E-state index in [-0.39, 0.29) is 5.92 Å². The predicted octanol–water partition coefficient (Wildman–Crippen LogP) is 5.71. The molecular formula is C27H25NO4. The summed E-state index contributed by atoms with van der Waals surface area (Å²) in [4.78, 5) is 11.6. The minimum absolute atomic E-state index is 0.0249. The number of nitrogens with zero attached hydrogens (tertiary/aromatic N) is 1. The monoisotopic (exact) mass is 427 g/mol. The number of benzene rings is 3. The zero-order valence-corrected chi connectivity index (χ0v) is 17.6. The number of rotatable bonds is 10. The zero-order chi connectivity index (χ0) is 22.2. The van der Waals surface area contributed by atoms with E-state index < -0.39 is 12.1 Å². The summed E-state index contributed by atoms with van der Waals surface area (Å²) in [7, 11) is 0. The number of para-hydroxylation sites is 1. The third kappa shape index (κ3) is 5.43. The van der Waals surface area contributed by atoms with Crippen LogP contribution < -0.4 is 4.74 Å². The molecule has 4 aromatic rings. The molecule has 0 bridgehead atoms. The lowest BCUT2D eigenvalue weighted by Crippen LogP contribution is -2.27. The third-order valence-corrected chi connectivity index (χ3v) is 5.33. The van der Waals surface area contributed by atoms with Crippen molar-refractivity contribution >= 4 is 5.97 Å². The topological polar surface area (TPSA) is 72.6 Å². The molecule has 3 aromatic carbocycles. The van der Waals surface area contributed by atoms with Crippen molar-refractivity contribution in [3.8, 4) is 5.75 Å². The van der Waals surface area contributed by atoms with Crippen LogP contribution in [-0.2, 0) is 11.2 Å². The van der Waals surface area contributed by atoms with E-state index in [2.05, 4.69) is 29.4 Å². The Balaban J connectivity index is 1.43. The van der Waals surface area contributed by atoms with Gasteiger partial charge in [-0.1, -0.05) is 84.0 Å². The molecule has 1 unspecified atom stereocenters. The molecule has 0 aliphatic rings. The molecule has 5 nitrogen and oxygen atoms in total. The van der Waals surface area contributed by atoms with Crippen LogP contribution in [0.25, 0.3) is 0 Å². The number of hydrogen-bond donors (Lipinski definition) is 1. The quantitative estimate of drug-likeness (QED) is 0.351. The molecule has 0 aliphatic carbocycles. The van der Waals surface area contributed by atoms with Gasteiger partial charge in [-0.2, -0.15) is 0 Å². The van der Waals surface area contributed by atoms with Crippen molar-refractivity contribution in [2.45, 2.75) is 31.3 Å². The van der Waals surface area contributed by atoms with Gasteiger partial charge < -0.3 is 14.4 Å². The van der Waals surface area contributed by atoms with Gasteiger partial charge in [-0.3, -0.25) is 0 Å². The zero-order valence-electron chi connectivity index (χ0n) is 17.6. The number of carbonyl (C=O) groups is 1. The van der Waals surface area contributed by atoms with Gasteiger partial charge in [0.15, 0.2) is 6.10 Å². The first-order valence-electron chi connectivity index (χ1n) is 10.7. The number of aryl methyl sites for hydroxylation is 1. The Morgan fingerprint density at radius 3 is 2.00 bits per heavy atom. The molecule has 1 N–H and O–H groups in total. The lowest BCUT2D eigenvalue weighted by Gasteiger charge is -2.15. The highest BCUT2D eigenvalue weighted by atomic mass is 16.5. The molecule has 0 spiro atoms. The Hall–Kier alpha value is -3.86. The van der Waals surface area contributed by atoms with Crippen molar-refractivity contribution in [2.24, 2.45) is 0 Å². The van der Waals surface area contributed by atoms with Crippen LogP contribution in [0.2, 0.25) is 0 Å². The maximum absolute atomic E-state index is 11.6. The molecule has 0 saturated heterocycles. The van der Waals surface area contributed by atoms with Crippen LogP contribution in [0.4, 0.5) is 0 Å². The maximum Gasteiger partial charge on any atom is 0.344 e. The summed E-state index contributed by atoms with van der Waals surface area (Å²) in [5, 5.41) is 13.8. The predicted molar refractivity (Wildman–Crippen MR) is 122 cm³/mol. The van der Waals surface area contributed by atoms with E-state index in [4.69, 9.17) is 9.26 Å². The van der Waals surface area contributed by atoms with Gasteiger partial charge in [0.05, 0.1) is 11.6 Å². The Labute approximate surface area is 187 Å². The summed E-state index contributed by atoms with van der Waals surface area (Å²) in [5.41, 5.74) is 3.12. The van der Waals surface area contributed by atoms with E-state index in [1.807, 2.05) is 60.7 Å². The van der Waals surface area contributed by atoms with Crippen LogP contribution >= 0.6 is 0 Å². The SMILES string of the molecule is O=C(O)C(CCCc1cc(C(c2ccccc2)c2ccccc2)no1)Oc1ccccc1. The number of hydrogen-bond acceptors (Lipinski definition) is 4. The fourth-order valence-corrected chi connectivity index (χ4v) is 3.77. The molecule has 1 heterocycles. The summed E-state index contributed by atoms with van der Waals surface area (Å²) in [6.07, 6.45) is 0.674. The van der Waals surface area contributed by atoms with E-state index in [0.717, 1.165) is 22.6 Å². The van der Waals surface area contributed by atoms with Gasteiger partial charge in [0, 0.05) is 12.5 Å². The molecule has 1 atom stereocenters. The lowest BCUT2D eigenvalue weighted by atomic mass is 9.88. The summed E-state index contributed by atoms with van der Waals surface area (Å²) in [6.45, 7) is 0. The molecule has 162 valence electrons. The summed E-state index contributed by atoms with van der Waals surface area (Å²) >= 11 is 0. The Morgan fingerprint density at radius 1 is 0.875 bits per heavy atom. The van der Waals surface area contributed by atoms with Gasteiger partial charge in [0.2, 0.25) is 0 Å². The maximum atomic E-state index is 11.6. The van der Waals surface area contributed by atoms with Crippen molar-refractivity contribution in [3.05, 3.63) is 120 Å². The molecule has 32 heavy (non-hydrogen) atoms. The van der Waals surface area contributed by atoms with E-state index in [9.17, 15) is 9.90 Å². The number of carboxylic acid groups (broad SMARTS) is 1. The standard InChI is InChI=1S/C27H25NO4/c29-27(30)25(31-22-15-8-3-9-16-22)18-10-17-23-19-24(28-32-23)26(20-11-4-1-5-12-20)21-13-6-2-7-14-21/h1-9,11-16,19,25-26H,10,17-18H2,(H,29,30). The second kappa shape index (κ2) is 10.4. The smallest absolute Gasteiger partial charge is 0.344 e. The van der Waals surface area contributed by atoms with Crippen molar-refractivity contribution in [3.63, 3.8) is 0 Å². The molecular weight excluding hydrogens is 402 g/mol. The van der Waals surface area contributed by atoms with Gasteiger partial charge >= 0.3 is 5.97 Å². The highest BCUT2D eigenvalue weighted by Crippen LogP contribution is 2.31. The second-order valence-electron chi connectivity index (χ2n) is 7.62.